The van der Waals surface area contributed by atoms with E-state index in [1.807, 2.05) is 43.3 Å². The third-order valence-electron chi connectivity index (χ3n) is 3.32. The molecular weight excluding hydrogens is 282 g/mol. The summed E-state index contributed by atoms with van der Waals surface area (Å²) in [6.07, 6.45) is -0.961. The molecule has 0 fully saturated rings. The van der Waals surface area contributed by atoms with Crippen LogP contribution in [-0.2, 0) is 4.74 Å². The fourth-order valence-electron chi connectivity index (χ4n) is 2.18. The average molecular weight is 303 g/mol. The fraction of sp³-hybridized carbons (Fsp3) is 0.375. The van der Waals surface area contributed by atoms with E-state index in [0.717, 1.165) is 5.69 Å². The van der Waals surface area contributed by atoms with Gasteiger partial charge >= 0.3 is 5.97 Å². The SMILES string of the molecule is CCOC(=O)c1nc(C)[nH]c1C(O)c1ccc(N(C)C)cc1. The van der Waals surface area contributed by atoms with Gasteiger partial charge in [-0.2, -0.15) is 0 Å². The standard InChI is InChI=1S/C16H21N3O3/c1-5-22-16(21)14-13(17-10(2)18-14)15(20)11-6-8-12(9-7-11)19(3)4/h6-9,15,20H,5H2,1-4H3,(H,17,18). The highest BCUT2D eigenvalue weighted by molar-refractivity contribution is 5.89. The molecule has 0 amide bonds. The number of nitrogens with one attached hydrogen (secondary N) is 1. The number of nitrogens with zero attached hydrogens (tertiary/aromatic N) is 2. The smallest absolute Gasteiger partial charge is 0.358 e. The number of esters is 1. The Balaban J connectivity index is 2.32. The van der Waals surface area contributed by atoms with Crippen LogP contribution in [0.2, 0.25) is 0 Å². The van der Waals surface area contributed by atoms with E-state index in [2.05, 4.69) is 9.97 Å². The molecule has 118 valence electrons. The second-order valence-corrected chi connectivity index (χ2v) is 5.19. The van der Waals surface area contributed by atoms with Crippen LogP contribution in [-0.4, -0.2) is 41.7 Å². The van der Waals surface area contributed by atoms with Crippen molar-refractivity contribution in [1.82, 2.24) is 9.97 Å². The van der Waals surface area contributed by atoms with Gasteiger partial charge in [0.1, 0.15) is 11.9 Å². The van der Waals surface area contributed by atoms with E-state index in [-0.39, 0.29) is 12.3 Å². The number of aliphatic hydroxyl groups excluding tert-OH is 1. The first-order valence-electron chi connectivity index (χ1n) is 7.13. The Morgan fingerprint density at radius 1 is 1.36 bits per heavy atom. The maximum Gasteiger partial charge on any atom is 0.358 e. The van der Waals surface area contributed by atoms with Gasteiger partial charge in [-0.3, -0.25) is 0 Å². The molecular formula is C16H21N3O3. The van der Waals surface area contributed by atoms with Gasteiger partial charge in [0.05, 0.1) is 12.3 Å². The van der Waals surface area contributed by atoms with Crippen LogP contribution in [0.25, 0.3) is 0 Å². The number of benzene rings is 1. The molecule has 0 bridgehead atoms. The molecule has 1 unspecified atom stereocenters. The third-order valence-corrected chi connectivity index (χ3v) is 3.32. The lowest BCUT2D eigenvalue weighted by Gasteiger charge is -2.15. The van der Waals surface area contributed by atoms with Crippen LogP contribution in [0.15, 0.2) is 24.3 Å². The monoisotopic (exact) mass is 303 g/mol. The predicted molar refractivity (Wildman–Crippen MR) is 84.1 cm³/mol. The van der Waals surface area contributed by atoms with E-state index in [9.17, 15) is 9.90 Å². The fourth-order valence-corrected chi connectivity index (χ4v) is 2.18. The molecule has 0 saturated carbocycles. The highest BCUT2D eigenvalue weighted by Gasteiger charge is 2.24. The zero-order valence-electron chi connectivity index (χ0n) is 13.3. The molecule has 0 aliphatic heterocycles. The summed E-state index contributed by atoms with van der Waals surface area (Å²) in [7, 11) is 3.89. The van der Waals surface area contributed by atoms with Crippen molar-refractivity contribution in [1.29, 1.82) is 0 Å². The molecule has 22 heavy (non-hydrogen) atoms. The Bertz CT molecular complexity index is 647. The molecule has 0 saturated heterocycles. The maximum atomic E-state index is 11.9. The topological polar surface area (TPSA) is 78.4 Å². The highest BCUT2D eigenvalue weighted by atomic mass is 16.5. The molecule has 0 radical (unpaired) electrons. The molecule has 1 aromatic carbocycles. The van der Waals surface area contributed by atoms with Gasteiger partial charge in [0, 0.05) is 19.8 Å². The number of hydrogen-bond donors (Lipinski definition) is 2. The van der Waals surface area contributed by atoms with Crippen molar-refractivity contribution in [3.05, 3.63) is 47.0 Å². The lowest BCUT2D eigenvalue weighted by atomic mass is 10.0. The quantitative estimate of drug-likeness (QED) is 0.826. The highest BCUT2D eigenvalue weighted by Crippen LogP contribution is 2.25. The molecule has 0 aliphatic carbocycles. The summed E-state index contributed by atoms with van der Waals surface area (Å²) in [5, 5.41) is 10.5. The summed E-state index contributed by atoms with van der Waals surface area (Å²) in [4.78, 5) is 21.0. The van der Waals surface area contributed by atoms with E-state index in [0.29, 0.717) is 17.1 Å². The van der Waals surface area contributed by atoms with E-state index in [1.165, 1.54) is 0 Å². The van der Waals surface area contributed by atoms with E-state index < -0.39 is 12.1 Å². The second kappa shape index (κ2) is 6.62. The van der Waals surface area contributed by atoms with Gasteiger partial charge in [-0.15, -0.1) is 0 Å². The first kappa shape index (κ1) is 16.0. The molecule has 2 aromatic rings. The average Bonchev–Trinajstić information content (AvgIpc) is 2.89. The number of aromatic nitrogens is 2. The number of aliphatic hydroxyl groups is 1. The summed E-state index contributed by atoms with van der Waals surface area (Å²) in [5.74, 6) is 0.0211. The van der Waals surface area contributed by atoms with E-state index >= 15 is 0 Å². The van der Waals surface area contributed by atoms with Gasteiger partial charge in [0.2, 0.25) is 0 Å². The minimum absolute atomic E-state index is 0.128. The lowest BCUT2D eigenvalue weighted by Crippen LogP contribution is -2.12. The Hall–Kier alpha value is -2.34. The van der Waals surface area contributed by atoms with Crippen LogP contribution in [0.3, 0.4) is 0 Å². The molecule has 6 nitrogen and oxygen atoms in total. The van der Waals surface area contributed by atoms with Crippen molar-refractivity contribution >= 4 is 11.7 Å². The molecule has 0 spiro atoms. The number of aryl methyl sites for hydroxylation is 1. The number of rotatable bonds is 5. The molecule has 1 aromatic heterocycles. The number of carbonyl (C=O) groups is 1. The molecule has 6 heteroatoms. The van der Waals surface area contributed by atoms with Crippen LogP contribution >= 0.6 is 0 Å². The molecule has 2 N–H and O–H groups in total. The molecule has 2 rings (SSSR count). The Labute approximate surface area is 129 Å². The number of anilines is 1. The third kappa shape index (κ3) is 3.28. The normalized spacial score (nSPS) is 12.0. The summed E-state index contributed by atoms with van der Waals surface area (Å²) in [6, 6.07) is 7.47. The van der Waals surface area contributed by atoms with Gasteiger partial charge in [0.25, 0.3) is 0 Å². The summed E-state index contributed by atoms with van der Waals surface area (Å²) < 4.78 is 4.98. The van der Waals surface area contributed by atoms with Gasteiger partial charge in [0.15, 0.2) is 5.69 Å². The van der Waals surface area contributed by atoms with E-state index in [1.54, 1.807) is 13.8 Å². The number of aromatic amines is 1. The molecule has 1 heterocycles. The predicted octanol–water partition coefficient (Wildman–Crippen LogP) is 2.04. The van der Waals surface area contributed by atoms with Crippen LogP contribution in [0, 0.1) is 6.92 Å². The first-order valence-corrected chi connectivity index (χ1v) is 7.13. The lowest BCUT2D eigenvalue weighted by molar-refractivity contribution is 0.0514. The maximum absolute atomic E-state index is 11.9. The summed E-state index contributed by atoms with van der Waals surface area (Å²) in [6.45, 7) is 3.72. The zero-order valence-corrected chi connectivity index (χ0v) is 13.3. The minimum atomic E-state index is -0.961. The Kier molecular flexibility index (Phi) is 4.82. The minimum Gasteiger partial charge on any atom is -0.461 e. The Morgan fingerprint density at radius 2 is 2.00 bits per heavy atom. The second-order valence-electron chi connectivity index (χ2n) is 5.19. The summed E-state index contributed by atoms with van der Waals surface area (Å²) in [5.41, 5.74) is 2.19. The van der Waals surface area contributed by atoms with Crippen molar-refractivity contribution in [2.24, 2.45) is 0 Å². The van der Waals surface area contributed by atoms with Crippen molar-refractivity contribution in [2.75, 3.05) is 25.6 Å². The summed E-state index contributed by atoms with van der Waals surface area (Å²) >= 11 is 0. The number of imidazole rings is 1. The van der Waals surface area contributed by atoms with Crippen molar-refractivity contribution in [2.45, 2.75) is 20.0 Å². The van der Waals surface area contributed by atoms with Crippen molar-refractivity contribution < 1.29 is 14.6 Å². The molecule has 1 atom stereocenters. The van der Waals surface area contributed by atoms with Gasteiger partial charge in [-0.25, -0.2) is 9.78 Å². The Morgan fingerprint density at radius 3 is 2.55 bits per heavy atom. The number of hydrogen-bond acceptors (Lipinski definition) is 5. The van der Waals surface area contributed by atoms with Crippen LogP contribution in [0.4, 0.5) is 5.69 Å². The van der Waals surface area contributed by atoms with Crippen molar-refractivity contribution in [3.63, 3.8) is 0 Å². The van der Waals surface area contributed by atoms with Crippen LogP contribution in [0.1, 0.15) is 40.6 Å². The molecule has 0 aliphatic rings. The van der Waals surface area contributed by atoms with E-state index in [4.69, 9.17) is 4.74 Å². The van der Waals surface area contributed by atoms with Crippen LogP contribution in [0.5, 0.6) is 0 Å². The zero-order chi connectivity index (χ0) is 16.3. The van der Waals surface area contributed by atoms with Gasteiger partial charge in [-0.1, -0.05) is 12.1 Å². The largest absolute Gasteiger partial charge is 0.461 e. The van der Waals surface area contributed by atoms with Gasteiger partial charge in [-0.05, 0) is 31.5 Å². The van der Waals surface area contributed by atoms with Crippen LogP contribution < -0.4 is 4.90 Å². The number of carbonyl (C=O) groups excluding carboxylic acids is 1. The number of H-pyrrole nitrogens is 1. The number of ether oxygens (including phenoxy) is 1. The first-order chi connectivity index (χ1) is 10.4. The van der Waals surface area contributed by atoms with Crippen molar-refractivity contribution in [3.8, 4) is 0 Å². The van der Waals surface area contributed by atoms with Gasteiger partial charge < -0.3 is 19.7 Å².